The number of hydrogen-bond acceptors (Lipinski definition) is 6. The van der Waals surface area contributed by atoms with E-state index in [1.54, 1.807) is 0 Å². The summed E-state index contributed by atoms with van der Waals surface area (Å²) in [6, 6.07) is 2.62. The maximum Gasteiger partial charge on any atom is 0.157 e. The van der Waals surface area contributed by atoms with Gasteiger partial charge >= 0.3 is 0 Å². The van der Waals surface area contributed by atoms with E-state index in [4.69, 9.17) is 5.73 Å². The molecule has 0 bridgehead atoms. The van der Waals surface area contributed by atoms with Gasteiger partial charge in [0.2, 0.25) is 0 Å². The summed E-state index contributed by atoms with van der Waals surface area (Å²) in [7, 11) is 2.15. The van der Waals surface area contributed by atoms with Crippen molar-refractivity contribution in [2.24, 2.45) is 0 Å². The number of nitrogen functional groups attached to an aromatic ring is 1. The molecule has 1 aliphatic rings. The molecule has 2 N–H and O–H groups in total. The number of hydrogen-bond donors (Lipinski definition) is 1. The largest absolute Gasteiger partial charge is 0.382 e. The van der Waals surface area contributed by atoms with Crippen LogP contribution in [0.25, 0.3) is 0 Å². The molecule has 0 aromatic carbocycles. The first-order chi connectivity index (χ1) is 8.67. The minimum absolute atomic E-state index is 0.366. The monoisotopic (exact) mass is 265 g/mol. The van der Waals surface area contributed by atoms with Crippen molar-refractivity contribution < 1.29 is 0 Å². The summed E-state index contributed by atoms with van der Waals surface area (Å²) < 4.78 is 4.12. The lowest BCUT2D eigenvalue weighted by atomic mass is 10.1. The fourth-order valence-corrected chi connectivity index (χ4v) is 3.32. The molecular formula is C12H19N5S. The summed E-state index contributed by atoms with van der Waals surface area (Å²) in [5.74, 6) is 0.366. The first-order valence-corrected chi connectivity index (χ1v) is 7.05. The molecule has 5 nitrogen and oxygen atoms in total. The van der Waals surface area contributed by atoms with E-state index < -0.39 is 0 Å². The zero-order chi connectivity index (χ0) is 13.1. The third-order valence-electron chi connectivity index (χ3n) is 3.45. The summed E-state index contributed by atoms with van der Waals surface area (Å²) in [5.41, 5.74) is 6.30. The van der Waals surface area contributed by atoms with Crippen molar-refractivity contribution in [2.75, 3.05) is 37.3 Å². The van der Waals surface area contributed by atoms with Crippen LogP contribution in [-0.4, -0.2) is 42.0 Å². The smallest absolute Gasteiger partial charge is 0.157 e. The van der Waals surface area contributed by atoms with E-state index in [-0.39, 0.29) is 0 Å². The van der Waals surface area contributed by atoms with Crippen LogP contribution in [0.4, 0.5) is 10.8 Å². The summed E-state index contributed by atoms with van der Waals surface area (Å²) in [6.07, 6.45) is 2.17. The highest BCUT2D eigenvalue weighted by Gasteiger charge is 2.26. The second-order valence-corrected chi connectivity index (χ2v) is 5.48. The van der Waals surface area contributed by atoms with Gasteiger partial charge in [-0.25, -0.2) is 0 Å². The number of likely N-dealkylation sites (N-methyl/N-ethyl adjacent to an activating group) is 1. The molecule has 0 spiro atoms. The van der Waals surface area contributed by atoms with Gasteiger partial charge in [0.25, 0.3) is 0 Å². The van der Waals surface area contributed by atoms with Gasteiger partial charge in [-0.1, -0.05) is 6.92 Å². The standard InChI is InChI=1S/C12H19N5S/c1-3-9-8-16(2)5-4-6-17(9)12-10(7-13)11(14)15-18-12/h9H,3-6,8H2,1-2H3,(H2,14,15). The number of nitrogens with two attached hydrogens (primary N) is 1. The van der Waals surface area contributed by atoms with Crippen LogP contribution in [0.1, 0.15) is 25.3 Å². The Morgan fingerprint density at radius 1 is 1.56 bits per heavy atom. The van der Waals surface area contributed by atoms with Crippen LogP contribution in [0.15, 0.2) is 0 Å². The highest BCUT2D eigenvalue weighted by molar-refractivity contribution is 7.10. The molecule has 1 fully saturated rings. The second-order valence-electron chi connectivity index (χ2n) is 4.73. The van der Waals surface area contributed by atoms with Gasteiger partial charge in [0, 0.05) is 19.1 Å². The Morgan fingerprint density at radius 3 is 3.00 bits per heavy atom. The summed E-state index contributed by atoms with van der Waals surface area (Å²) in [5, 5.41) is 10.1. The molecule has 1 saturated heterocycles. The molecule has 18 heavy (non-hydrogen) atoms. The Morgan fingerprint density at radius 2 is 2.33 bits per heavy atom. The van der Waals surface area contributed by atoms with Crippen LogP contribution < -0.4 is 10.6 Å². The van der Waals surface area contributed by atoms with E-state index in [0.717, 1.165) is 37.5 Å². The van der Waals surface area contributed by atoms with Gasteiger partial charge in [0.1, 0.15) is 16.6 Å². The van der Waals surface area contributed by atoms with Crippen molar-refractivity contribution in [2.45, 2.75) is 25.8 Å². The number of aromatic nitrogens is 1. The minimum atomic E-state index is 0.366. The first kappa shape index (κ1) is 13.1. The molecule has 0 radical (unpaired) electrons. The van der Waals surface area contributed by atoms with E-state index in [2.05, 4.69) is 34.2 Å². The number of anilines is 2. The predicted molar refractivity (Wildman–Crippen MR) is 74.8 cm³/mol. The van der Waals surface area contributed by atoms with Crippen LogP contribution in [0, 0.1) is 11.3 Å². The Balaban J connectivity index is 2.32. The Hall–Kier alpha value is -1.32. The maximum absolute atomic E-state index is 9.20. The highest BCUT2D eigenvalue weighted by atomic mass is 32.1. The summed E-state index contributed by atoms with van der Waals surface area (Å²) in [6.45, 7) is 5.29. The zero-order valence-electron chi connectivity index (χ0n) is 10.9. The predicted octanol–water partition coefficient (Wildman–Crippen LogP) is 1.52. The molecule has 0 aliphatic carbocycles. The fourth-order valence-electron chi connectivity index (χ4n) is 2.45. The highest BCUT2D eigenvalue weighted by Crippen LogP contribution is 2.32. The van der Waals surface area contributed by atoms with Gasteiger partial charge in [-0.15, -0.1) is 0 Å². The van der Waals surface area contributed by atoms with Crippen LogP contribution in [0.3, 0.4) is 0 Å². The average Bonchev–Trinajstić information content (AvgIpc) is 2.62. The average molecular weight is 265 g/mol. The fraction of sp³-hybridized carbons (Fsp3) is 0.667. The lowest BCUT2D eigenvalue weighted by molar-refractivity contribution is 0.328. The van der Waals surface area contributed by atoms with Crippen LogP contribution in [0.2, 0.25) is 0 Å². The molecule has 6 heteroatoms. The Kier molecular flexibility index (Phi) is 4.04. The third-order valence-corrected chi connectivity index (χ3v) is 4.35. The molecule has 1 aromatic heterocycles. The third kappa shape index (κ3) is 2.42. The van der Waals surface area contributed by atoms with E-state index in [1.165, 1.54) is 11.5 Å². The molecule has 0 saturated carbocycles. The van der Waals surface area contributed by atoms with Crippen LogP contribution >= 0.6 is 11.5 Å². The number of nitriles is 1. The van der Waals surface area contributed by atoms with Gasteiger partial charge in [-0.05, 0) is 38.0 Å². The molecular weight excluding hydrogens is 246 g/mol. The number of nitrogens with zero attached hydrogens (tertiary/aromatic N) is 4. The van der Waals surface area contributed by atoms with Crippen molar-refractivity contribution in [3.63, 3.8) is 0 Å². The van der Waals surface area contributed by atoms with Gasteiger partial charge in [0.05, 0.1) is 0 Å². The Labute approximate surface area is 112 Å². The topological polar surface area (TPSA) is 69.2 Å². The lowest BCUT2D eigenvalue weighted by Crippen LogP contribution is -2.39. The van der Waals surface area contributed by atoms with Gasteiger partial charge in [-0.3, -0.25) is 0 Å². The molecule has 0 amide bonds. The molecule has 1 aromatic rings. The molecule has 2 heterocycles. The zero-order valence-corrected chi connectivity index (χ0v) is 11.7. The van der Waals surface area contributed by atoms with Gasteiger partial charge in [0.15, 0.2) is 5.82 Å². The van der Waals surface area contributed by atoms with E-state index in [0.29, 0.717) is 17.4 Å². The van der Waals surface area contributed by atoms with E-state index >= 15 is 0 Å². The lowest BCUT2D eigenvalue weighted by Gasteiger charge is -2.30. The SMILES string of the molecule is CCC1CN(C)CCCN1c1snc(N)c1C#N. The minimum Gasteiger partial charge on any atom is -0.382 e. The van der Waals surface area contributed by atoms with Crippen molar-refractivity contribution in [1.29, 1.82) is 5.26 Å². The first-order valence-electron chi connectivity index (χ1n) is 6.27. The normalized spacial score (nSPS) is 21.6. The maximum atomic E-state index is 9.20. The summed E-state index contributed by atoms with van der Waals surface area (Å²) >= 11 is 1.35. The molecule has 1 unspecified atom stereocenters. The van der Waals surface area contributed by atoms with Crippen molar-refractivity contribution in [3.8, 4) is 6.07 Å². The van der Waals surface area contributed by atoms with E-state index in [1.807, 2.05) is 0 Å². The summed E-state index contributed by atoms with van der Waals surface area (Å²) in [4.78, 5) is 4.67. The number of rotatable bonds is 2. The van der Waals surface area contributed by atoms with Crippen molar-refractivity contribution in [1.82, 2.24) is 9.27 Å². The van der Waals surface area contributed by atoms with Crippen molar-refractivity contribution >= 4 is 22.4 Å². The van der Waals surface area contributed by atoms with Gasteiger partial charge < -0.3 is 15.5 Å². The molecule has 1 aliphatic heterocycles. The molecule has 1 atom stereocenters. The molecule has 2 rings (SSSR count). The quantitative estimate of drug-likeness (QED) is 0.878. The van der Waals surface area contributed by atoms with Gasteiger partial charge in [-0.2, -0.15) is 9.64 Å². The van der Waals surface area contributed by atoms with Crippen LogP contribution in [0.5, 0.6) is 0 Å². The second kappa shape index (κ2) is 5.55. The van der Waals surface area contributed by atoms with Crippen molar-refractivity contribution in [3.05, 3.63) is 5.56 Å². The Bertz CT molecular complexity index is 450. The molecule has 98 valence electrons. The van der Waals surface area contributed by atoms with Crippen LogP contribution in [-0.2, 0) is 0 Å². The van der Waals surface area contributed by atoms with E-state index in [9.17, 15) is 5.26 Å².